The molecule has 4 aliphatic rings. The van der Waals surface area contributed by atoms with Crippen molar-refractivity contribution in [3.8, 4) is 0 Å². The maximum absolute atomic E-state index is 16.5. The van der Waals surface area contributed by atoms with Crippen LogP contribution in [0.15, 0.2) is 114 Å². The number of urea groups is 1. The molecule has 1 aromatic heterocycles. The molecule has 4 heterocycles. The summed E-state index contributed by atoms with van der Waals surface area (Å²) in [7, 11) is 0. The number of furan rings is 1. The average Bonchev–Trinajstić information content (AvgIpc) is 3.69. The molecule has 0 spiro atoms. The number of rotatable bonds is 2. The van der Waals surface area contributed by atoms with Gasteiger partial charge in [0.25, 0.3) is 13.4 Å². The fourth-order valence-electron chi connectivity index (χ4n) is 11.6. The molecule has 9 aromatic rings. The van der Waals surface area contributed by atoms with Gasteiger partial charge in [-0.15, -0.1) is 0 Å². The Bertz CT molecular complexity index is 3630. The summed E-state index contributed by atoms with van der Waals surface area (Å²) < 4.78 is 101. The van der Waals surface area contributed by atoms with E-state index in [1.165, 1.54) is 0 Å². The molecule has 0 fully saturated rings. The summed E-state index contributed by atoms with van der Waals surface area (Å²) in [5.74, 6) is -6.53. The van der Waals surface area contributed by atoms with Crippen molar-refractivity contribution in [2.45, 2.75) is 38.5 Å². The van der Waals surface area contributed by atoms with Crippen LogP contribution in [0.25, 0.3) is 43.5 Å². The first-order valence-electron chi connectivity index (χ1n) is 20.8. The van der Waals surface area contributed by atoms with Crippen LogP contribution in [0.5, 0.6) is 0 Å². The highest BCUT2D eigenvalue weighted by atomic mass is 19.2. The maximum Gasteiger partial charge on any atom is 0.338 e. The molecule has 0 N–H and O–H groups in total. The Balaban J connectivity index is 1.24. The first kappa shape index (κ1) is 36.7. The fourth-order valence-corrected chi connectivity index (χ4v) is 11.6. The lowest BCUT2D eigenvalue weighted by Gasteiger charge is -2.47. The molecule has 0 bridgehead atoms. The molecular formula is C51H30B2F6N2O2. The smallest absolute Gasteiger partial charge is 0.338 e. The highest BCUT2D eigenvalue weighted by molar-refractivity contribution is 7.00. The van der Waals surface area contributed by atoms with Crippen molar-refractivity contribution in [2.24, 2.45) is 0 Å². The van der Waals surface area contributed by atoms with Crippen LogP contribution in [0.2, 0.25) is 0 Å². The first-order chi connectivity index (χ1) is 30.2. The Labute approximate surface area is 356 Å². The monoisotopic (exact) mass is 838 g/mol. The number of nitrogens with zero attached hydrogens (tertiary/aromatic N) is 2. The highest BCUT2D eigenvalue weighted by Crippen LogP contribution is 2.57. The van der Waals surface area contributed by atoms with Crippen LogP contribution < -0.4 is 42.6 Å². The number of benzene rings is 8. The Morgan fingerprint density at radius 2 is 0.984 bits per heavy atom. The molecule has 63 heavy (non-hydrogen) atoms. The van der Waals surface area contributed by atoms with E-state index in [1.54, 1.807) is 52.3 Å². The third-order valence-electron chi connectivity index (χ3n) is 15.0. The van der Waals surface area contributed by atoms with Gasteiger partial charge in [-0.05, 0) is 66.7 Å². The SMILES string of the molecule is CC1(C)c2cccc3c4c(cc(c23)C1(C)C)B(c1c(F)cc(F)cc1F)c1ccc2ccc3c5c2c1N4C(=O)N5c1c(ccc2oc4ccccc4c12)B3c1c(F)cc(F)cc1F. The summed E-state index contributed by atoms with van der Waals surface area (Å²) in [4.78, 5) is 19.6. The van der Waals surface area contributed by atoms with Gasteiger partial charge in [0.05, 0.1) is 28.1 Å². The second-order valence-electron chi connectivity index (χ2n) is 18.3. The van der Waals surface area contributed by atoms with Gasteiger partial charge >= 0.3 is 6.03 Å². The molecular weight excluding hydrogens is 808 g/mol. The van der Waals surface area contributed by atoms with Crippen molar-refractivity contribution >= 4 is 118 Å². The number of hydrogen-bond acceptors (Lipinski definition) is 2. The van der Waals surface area contributed by atoms with Crippen LogP contribution in [0, 0.1) is 34.9 Å². The average molecular weight is 838 g/mol. The third-order valence-corrected chi connectivity index (χ3v) is 15.0. The van der Waals surface area contributed by atoms with E-state index in [9.17, 15) is 8.78 Å². The minimum Gasteiger partial charge on any atom is -0.456 e. The van der Waals surface area contributed by atoms with Crippen LogP contribution in [0.4, 0.5) is 53.9 Å². The predicted octanol–water partition coefficient (Wildman–Crippen LogP) is 9.36. The number of anilines is 4. The number of amides is 2. The highest BCUT2D eigenvalue weighted by Gasteiger charge is 2.54. The summed E-state index contributed by atoms with van der Waals surface area (Å²) >= 11 is 0. The van der Waals surface area contributed by atoms with Crippen molar-refractivity contribution in [3.05, 3.63) is 155 Å². The summed E-state index contributed by atoms with van der Waals surface area (Å²) in [6.07, 6.45) is 0. The molecule has 304 valence electrons. The zero-order chi connectivity index (χ0) is 43.3. The van der Waals surface area contributed by atoms with E-state index in [4.69, 9.17) is 4.42 Å². The molecule has 1 aliphatic carbocycles. The maximum atomic E-state index is 16.5. The van der Waals surface area contributed by atoms with Crippen LogP contribution in [-0.2, 0) is 10.8 Å². The zero-order valence-electron chi connectivity index (χ0n) is 34.0. The zero-order valence-corrected chi connectivity index (χ0v) is 34.0. The molecule has 13 rings (SSSR count). The van der Waals surface area contributed by atoms with E-state index in [1.807, 2.05) is 36.4 Å². The van der Waals surface area contributed by atoms with Crippen molar-refractivity contribution in [1.82, 2.24) is 0 Å². The van der Waals surface area contributed by atoms with Gasteiger partial charge in [-0.3, -0.25) is 9.80 Å². The Hall–Kier alpha value is -6.94. The van der Waals surface area contributed by atoms with E-state index in [0.717, 1.165) is 16.5 Å². The molecule has 3 aliphatic heterocycles. The number of para-hydroxylation sites is 1. The van der Waals surface area contributed by atoms with Gasteiger partial charge in [0, 0.05) is 51.3 Å². The summed E-state index contributed by atoms with van der Waals surface area (Å²) in [6.45, 7) is 6.25. The molecule has 8 aromatic carbocycles. The van der Waals surface area contributed by atoms with Gasteiger partial charge in [0.1, 0.15) is 46.1 Å². The standard InChI is InChI=1S/C51H30B2F6N2O2/c1-50(2)28-10-7-9-27-41(28)29(51(50,3)4)22-33-45(27)60-46-31(53(33)44-36(58)20-25(55)21-37(44)59)15-13-23-12-14-30-47(40(23)46)61(49(60)62)48-32(52(30)43-34(56)18-24(54)19-35(43)57)16-17-39-42(48)26-8-5-6-11-38(26)63-39/h5-22H,1-4H3. The van der Waals surface area contributed by atoms with Gasteiger partial charge in [0.2, 0.25) is 0 Å². The van der Waals surface area contributed by atoms with Crippen LogP contribution >= 0.6 is 0 Å². The fraction of sp³-hybridized carbons (Fsp3) is 0.118. The lowest BCUT2D eigenvalue weighted by molar-refractivity contribution is 0.255. The Morgan fingerprint density at radius 3 is 1.60 bits per heavy atom. The van der Waals surface area contributed by atoms with Gasteiger partial charge in [-0.1, -0.05) is 100 Å². The molecule has 2 amide bonds. The molecule has 0 radical (unpaired) electrons. The largest absolute Gasteiger partial charge is 0.456 e. The number of carbonyl (C=O) groups excluding carboxylic acids is 1. The van der Waals surface area contributed by atoms with Crippen molar-refractivity contribution in [1.29, 1.82) is 0 Å². The van der Waals surface area contributed by atoms with E-state index >= 15 is 22.4 Å². The predicted molar refractivity (Wildman–Crippen MR) is 239 cm³/mol. The van der Waals surface area contributed by atoms with E-state index in [-0.39, 0.29) is 5.46 Å². The van der Waals surface area contributed by atoms with Crippen molar-refractivity contribution < 1.29 is 35.6 Å². The third kappa shape index (κ3) is 4.29. The molecule has 12 heteroatoms. The Morgan fingerprint density at radius 1 is 0.476 bits per heavy atom. The van der Waals surface area contributed by atoms with Gasteiger partial charge in [-0.25, -0.2) is 31.1 Å². The van der Waals surface area contributed by atoms with Gasteiger partial charge in [0.15, 0.2) is 0 Å². The topological polar surface area (TPSA) is 36.7 Å². The van der Waals surface area contributed by atoms with E-state index in [2.05, 4.69) is 33.8 Å². The van der Waals surface area contributed by atoms with Crippen molar-refractivity contribution in [2.75, 3.05) is 9.80 Å². The molecule has 0 atom stereocenters. The van der Waals surface area contributed by atoms with Crippen LogP contribution in [-0.4, -0.2) is 19.5 Å². The minimum absolute atomic E-state index is 0.319. The second kappa shape index (κ2) is 11.7. The number of hydrogen-bond donors (Lipinski definition) is 0. The number of carbonyl (C=O) groups is 1. The normalized spacial score (nSPS) is 16.3. The van der Waals surface area contributed by atoms with Crippen LogP contribution in [0.3, 0.4) is 0 Å². The molecule has 0 unspecified atom stereocenters. The summed E-state index contributed by atoms with van der Waals surface area (Å²) in [6, 6.07) is 27.8. The van der Waals surface area contributed by atoms with E-state index in [0.29, 0.717) is 107 Å². The Kier molecular flexibility index (Phi) is 6.84. The minimum atomic E-state index is -1.19. The number of fused-ring (bicyclic) bond motifs is 9. The summed E-state index contributed by atoms with van der Waals surface area (Å²) in [5.41, 5.74) is 4.27. The second-order valence-corrected chi connectivity index (χ2v) is 18.3. The molecule has 0 saturated heterocycles. The van der Waals surface area contributed by atoms with Gasteiger partial charge < -0.3 is 4.42 Å². The van der Waals surface area contributed by atoms with Crippen LogP contribution in [0.1, 0.15) is 38.8 Å². The molecule has 0 saturated carbocycles. The summed E-state index contributed by atoms with van der Waals surface area (Å²) in [5, 5.41) is 3.94. The quantitative estimate of drug-likeness (QED) is 0.129. The van der Waals surface area contributed by atoms with Crippen molar-refractivity contribution in [3.63, 3.8) is 0 Å². The van der Waals surface area contributed by atoms with Gasteiger partial charge in [-0.2, -0.15) is 0 Å². The number of halogens is 6. The van der Waals surface area contributed by atoms with E-state index < -0.39 is 70.7 Å². The first-order valence-corrected chi connectivity index (χ1v) is 20.8. The molecule has 4 nitrogen and oxygen atoms in total. The lowest BCUT2D eigenvalue weighted by atomic mass is 9.33. The lowest BCUT2D eigenvalue weighted by Crippen LogP contribution is -2.65.